The van der Waals surface area contributed by atoms with Crippen LogP contribution in [-0.4, -0.2) is 249 Å². The number of carbonyl (C=O) groups excluding carboxylic acids is 2. The summed E-state index contributed by atoms with van der Waals surface area (Å²) in [4.78, 5) is 29.2. The largest absolute Gasteiger partial charge is 0.462 e. The molecule has 4 unspecified atom stereocenters. The Morgan fingerprint density at radius 1 is 0.655 bits per heavy atom. The molecule has 84 heavy (non-hydrogen) atoms. The quantitative estimate of drug-likeness (QED) is 0.119. The van der Waals surface area contributed by atoms with Crippen molar-refractivity contribution in [3.63, 3.8) is 0 Å². The summed E-state index contributed by atoms with van der Waals surface area (Å²) in [5.74, 6) is -8.30. The van der Waals surface area contributed by atoms with E-state index < -0.39 is 184 Å². The highest BCUT2D eigenvalue weighted by Crippen LogP contribution is 2.39. The highest BCUT2D eigenvalue weighted by atomic mass is 16.7. The third kappa shape index (κ3) is 22.2. The van der Waals surface area contributed by atoms with Gasteiger partial charge in [-0.1, -0.05) is 105 Å². The number of aliphatic hydroxyl groups excluding tert-OH is 12. The van der Waals surface area contributed by atoms with E-state index in [1.165, 1.54) is 6.92 Å². The lowest BCUT2D eigenvalue weighted by molar-refractivity contribution is -0.323. The van der Waals surface area contributed by atoms with E-state index in [0.717, 1.165) is 32.4 Å². The molecular formula is C60H97N3O21. The molecule has 5 heterocycles. The number of hydrogen-bond donors (Lipinski definition) is 16. The van der Waals surface area contributed by atoms with Gasteiger partial charge in [-0.15, -0.1) is 0 Å². The zero-order chi connectivity index (χ0) is 61.7. The molecule has 0 aliphatic carbocycles. The van der Waals surface area contributed by atoms with Crippen LogP contribution in [0.3, 0.4) is 0 Å². The van der Waals surface area contributed by atoms with Crippen molar-refractivity contribution in [2.45, 2.75) is 220 Å². The second kappa shape index (κ2) is 34.8. The summed E-state index contributed by atoms with van der Waals surface area (Å²) in [7, 11) is 0. The lowest BCUT2D eigenvalue weighted by atomic mass is 9.82. The molecule has 24 nitrogen and oxygen atoms in total. The topological polar surface area (TPSA) is 391 Å². The average molecular weight is 1200 g/mol. The summed E-state index contributed by atoms with van der Waals surface area (Å²) >= 11 is 0. The van der Waals surface area contributed by atoms with Crippen LogP contribution in [0.2, 0.25) is 0 Å². The van der Waals surface area contributed by atoms with Crippen LogP contribution in [0.25, 0.3) is 0 Å². The fourth-order valence-electron chi connectivity index (χ4n) is 11.1. The van der Waals surface area contributed by atoms with Crippen molar-refractivity contribution in [1.82, 2.24) is 15.5 Å². The number of nitrogens with zero attached hydrogens (tertiary/aromatic N) is 1. The normalized spacial score (nSPS) is 42.1. The van der Waals surface area contributed by atoms with Gasteiger partial charge in [0.1, 0.15) is 30.5 Å². The van der Waals surface area contributed by atoms with Crippen molar-refractivity contribution in [2.24, 2.45) is 17.8 Å². The number of piperidine rings is 1. The molecule has 0 aromatic carbocycles. The van der Waals surface area contributed by atoms with Crippen LogP contribution in [-0.2, 0) is 33.3 Å². The summed E-state index contributed by atoms with van der Waals surface area (Å²) in [6.07, 6.45) is 0.371. The second-order valence-electron chi connectivity index (χ2n) is 23.4. The Morgan fingerprint density at radius 3 is 1.92 bits per heavy atom. The molecule has 4 saturated heterocycles. The number of aliphatic hydroxyl groups is 14. The fraction of sp³-hybridized carbons (Fsp3) is 0.733. The molecule has 5 rings (SSSR count). The monoisotopic (exact) mass is 1200 g/mol. The van der Waals surface area contributed by atoms with E-state index in [0.29, 0.717) is 6.54 Å². The molecule has 1 amide bonds. The number of nitrogens with one attached hydrogen (secondary N) is 2. The molecule has 478 valence electrons. The maximum absolute atomic E-state index is 14.2. The van der Waals surface area contributed by atoms with Crippen molar-refractivity contribution >= 4 is 11.9 Å². The smallest absolute Gasteiger partial charge is 0.308 e. The third-order valence-corrected chi connectivity index (χ3v) is 16.4. The zero-order valence-corrected chi connectivity index (χ0v) is 48.8. The number of allylic oxidation sites excluding steroid dienone is 12. The minimum atomic E-state index is -2.46. The Hall–Kier alpha value is -3.68. The van der Waals surface area contributed by atoms with Crippen molar-refractivity contribution < 1.29 is 105 Å². The number of fused-ring (bicyclic) bond motifs is 2. The SMILES string of the molecule is CC1[C@H](C)OC(=O)C[C@H](O)C[C@H](O)CC[C@@H](O)[C@H](O)C[C@H](O)C[C@]2(O)C[C@H](O)C(C(=O)NCCN3CCCCC3)C(C[C@@H](OC3O[C@H](C)[C@@H](O)[C@H](NC[C@@]4(O)OC[C@@H](O)[C@H](O)[C@@H]4O)[C@@H]3O)C=CC=CC=CC=CC=CC=CC=C[C@H](C)[C@H]1O)O2. The van der Waals surface area contributed by atoms with Gasteiger partial charge in [0.05, 0.1) is 98.7 Å². The highest BCUT2D eigenvalue weighted by molar-refractivity contribution is 5.80. The van der Waals surface area contributed by atoms with E-state index in [-0.39, 0.29) is 38.1 Å². The van der Waals surface area contributed by atoms with Gasteiger partial charge in [-0.05, 0) is 59.0 Å². The minimum Gasteiger partial charge on any atom is -0.462 e. The van der Waals surface area contributed by atoms with Gasteiger partial charge in [-0.3, -0.25) is 9.59 Å². The van der Waals surface area contributed by atoms with E-state index in [4.69, 9.17) is 23.7 Å². The number of carbonyl (C=O) groups is 2. The Kier molecular flexibility index (Phi) is 29.4. The van der Waals surface area contributed by atoms with Crippen LogP contribution in [0, 0.1) is 17.8 Å². The lowest BCUT2D eigenvalue weighted by Gasteiger charge is -2.47. The molecular weight excluding hydrogens is 1100 g/mol. The van der Waals surface area contributed by atoms with E-state index in [1.54, 1.807) is 92.8 Å². The summed E-state index contributed by atoms with van der Waals surface area (Å²) in [5, 5.41) is 160. The lowest BCUT2D eigenvalue weighted by Crippen LogP contribution is -2.69. The first-order chi connectivity index (χ1) is 39.8. The predicted molar refractivity (Wildman–Crippen MR) is 305 cm³/mol. The van der Waals surface area contributed by atoms with Gasteiger partial charge in [0.2, 0.25) is 11.7 Å². The van der Waals surface area contributed by atoms with E-state index in [9.17, 15) is 81.1 Å². The maximum atomic E-state index is 14.2. The Balaban J connectivity index is 1.42. The molecule has 24 heteroatoms. The maximum Gasteiger partial charge on any atom is 0.308 e. The summed E-state index contributed by atoms with van der Waals surface area (Å²) < 4.78 is 29.5. The van der Waals surface area contributed by atoms with Gasteiger partial charge in [-0.2, -0.15) is 0 Å². The van der Waals surface area contributed by atoms with E-state index >= 15 is 0 Å². The molecule has 0 spiro atoms. The predicted octanol–water partition coefficient (Wildman–Crippen LogP) is -1.34. The zero-order valence-electron chi connectivity index (χ0n) is 48.8. The number of esters is 1. The van der Waals surface area contributed by atoms with Crippen LogP contribution in [0.5, 0.6) is 0 Å². The van der Waals surface area contributed by atoms with Gasteiger partial charge in [-0.25, -0.2) is 0 Å². The first kappa shape index (κ1) is 71.1. The van der Waals surface area contributed by atoms with Crippen LogP contribution in [0.15, 0.2) is 85.1 Å². The number of hydrogen-bond acceptors (Lipinski definition) is 23. The number of likely N-dealkylation sites (tertiary alicyclic amines) is 1. The first-order valence-corrected chi connectivity index (χ1v) is 29.7. The van der Waals surface area contributed by atoms with Crippen molar-refractivity contribution in [3.05, 3.63) is 85.1 Å². The molecule has 2 bridgehead atoms. The minimum absolute atomic E-state index is 0.126. The summed E-state index contributed by atoms with van der Waals surface area (Å²) in [5.41, 5.74) is 0. The number of ether oxygens (including phenoxy) is 5. The van der Waals surface area contributed by atoms with Gasteiger partial charge < -0.3 is 111 Å². The molecule has 0 saturated carbocycles. The van der Waals surface area contributed by atoms with Crippen LogP contribution in [0.4, 0.5) is 0 Å². The van der Waals surface area contributed by atoms with Gasteiger partial charge in [0.25, 0.3) is 0 Å². The first-order valence-electron chi connectivity index (χ1n) is 29.7. The fourth-order valence-corrected chi connectivity index (χ4v) is 11.1. The van der Waals surface area contributed by atoms with Crippen LogP contribution < -0.4 is 10.6 Å². The van der Waals surface area contributed by atoms with Crippen LogP contribution in [0.1, 0.15) is 98.3 Å². The van der Waals surface area contributed by atoms with Gasteiger partial charge in [0, 0.05) is 50.6 Å². The second-order valence-corrected chi connectivity index (χ2v) is 23.4. The Bertz CT molecular complexity index is 2190. The molecule has 0 aromatic heterocycles. The Labute approximate surface area is 492 Å². The molecule has 16 N–H and O–H groups in total. The van der Waals surface area contributed by atoms with Crippen molar-refractivity contribution in [1.29, 1.82) is 0 Å². The van der Waals surface area contributed by atoms with Crippen molar-refractivity contribution in [2.75, 3.05) is 39.3 Å². The number of amides is 1. The van der Waals surface area contributed by atoms with E-state index in [2.05, 4.69) is 15.5 Å². The molecule has 5 aliphatic heterocycles. The summed E-state index contributed by atoms with van der Waals surface area (Å²) in [6, 6.07) is -1.34. The Morgan fingerprint density at radius 2 is 1.27 bits per heavy atom. The molecule has 0 radical (unpaired) electrons. The standard InChI is InChI=1S/C60H97N3O21/c1-36-20-16-13-11-9-7-5-6-8-10-12-14-17-21-43(83-58-55(75)51(53(73)39(4)82-58)62-35-60(79)56(76)54(74)47(70)34-80-60)31-48-50(57(77)61-24-27-63-25-18-15-19-26-63)46(69)33-59(78,84-48)32-42(66)29-45(68)44(67)23-22-40(64)28-41(65)30-49(71)81-38(3)37(2)52(36)72/h5-14,16-17,20-21,36-48,50-56,58,62,64-70,72-76,78-79H,15,18-19,22-35H2,1-4H3,(H,61,77)/t36-,37?,38-,39+,40+,41+,42-,43-,44+,45+,46-,47+,48?,50?,51-,52+,53+,54-,55-,56-,58?,59+,60+/m0/s1. The third-order valence-electron chi connectivity index (χ3n) is 16.4. The van der Waals surface area contributed by atoms with Gasteiger partial charge in [0.15, 0.2) is 12.1 Å². The summed E-state index contributed by atoms with van der Waals surface area (Å²) in [6.45, 7) is 7.98. The van der Waals surface area contributed by atoms with E-state index in [1.807, 2.05) is 13.0 Å². The number of cyclic esters (lactones) is 1. The van der Waals surface area contributed by atoms with Gasteiger partial charge >= 0.3 is 5.97 Å². The molecule has 5 aliphatic rings. The number of rotatable bonds is 9. The molecule has 23 atom stereocenters. The van der Waals surface area contributed by atoms with Crippen LogP contribution >= 0.6 is 0 Å². The average Bonchev–Trinajstić information content (AvgIpc) is 1.75. The molecule has 0 aromatic rings. The molecule has 4 fully saturated rings. The van der Waals surface area contributed by atoms with Crippen molar-refractivity contribution in [3.8, 4) is 0 Å². The highest BCUT2D eigenvalue weighted by Gasteiger charge is 2.53.